The summed E-state index contributed by atoms with van der Waals surface area (Å²) in [5.41, 5.74) is 0. The molecule has 1 aliphatic heterocycles. The molecule has 1 fully saturated rings. The maximum atomic E-state index is 12.1. The molecule has 21 heavy (non-hydrogen) atoms. The van der Waals surface area contributed by atoms with E-state index in [2.05, 4.69) is 21.5 Å². The number of hydrogen-bond donors (Lipinski definition) is 1. The first-order valence-corrected chi connectivity index (χ1v) is 9.42. The van der Waals surface area contributed by atoms with E-state index >= 15 is 0 Å². The lowest BCUT2D eigenvalue weighted by molar-refractivity contribution is 0.463. The lowest BCUT2D eigenvalue weighted by Gasteiger charge is -2.33. The first-order valence-electron chi connectivity index (χ1n) is 7.76. The molecule has 0 saturated carbocycles. The van der Waals surface area contributed by atoms with E-state index in [1.807, 2.05) is 18.2 Å². The molecule has 2 heterocycles. The van der Waals surface area contributed by atoms with E-state index in [0.29, 0.717) is 6.54 Å². The minimum atomic E-state index is -3.16. The number of nitrogens with one attached hydrogen (secondary N) is 1. The van der Waals surface area contributed by atoms with Crippen LogP contribution >= 0.6 is 0 Å². The maximum absolute atomic E-state index is 12.1. The molecular formula is C15H25N3O2S. The van der Waals surface area contributed by atoms with Gasteiger partial charge in [-0.05, 0) is 31.4 Å². The van der Waals surface area contributed by atoms with Crippen LogP contribution in [-0.4, -0.2) is 38.3 Å². The number of pyridine rings is 1. The molecule has 0 amide bonds. The predicted molar refractivity (Wildman–Crippen MR) is 85.9 cm³/mol. The Morgan fingerprint density at radius 2 is 2.24 bits per heavy atom. The monoisotopic (exact) mass is 311 g/mol. The first kappa shape index (κ1) is 16.2. The summed E-state index contributed by atoms with van der Waals surface area (Å²) in [6.07, 6.45) is 6.39. The summed E-state index contributed by atoms with van der Waals surface area (Å²) in [6.45, 7) is 3.71. The molecule has 1 aromatic heterocycles. The average Bonchev–Trinajstić information content (AvgIpc) is 2.48. The predicted octanol–water partition coefficient (Wildman–Crippen LogP) is 2.16. The van der Waals surface area contributed by atoms with E-state index in [1.54, 1.807) is 6.20 Å². The van der Waals surface area contributed by atoms with Gasteiger partial charge in [-0.15, -0.1) is 0 Å². The van der Waals surface area contributed by atoms with Crippen LogP contribution in [0.3, 0.4) is 0 Å². The molecule has 6 heteroatoms. The van der Waals surface area contributed by atoms with Crippen molar-refractivity contribution in [2.75, 3.05) is 23.7 Å². The number of hydrogen-bond acceptors (Lipinski definition) is 4. The van der Waals surface area contributed by atoms with Crippen LogP contribution in [-0.2, 0) is 10.0 Å². The van der Waals surface area contributed by atoms with Gasteiger partial charge in [-0.1, -0.05) is 25.8 Å². The second-order valence-corrected chi connectivity index (χ2v) is 7.49. The van der Waals surface area contributed by atoms with E-state index in [-0.39, 0.29) is 11.8 Å². The smallest absolute Gasteiger partial charge is 0.211 e. The molecule has 0 unspecified atom stereocenters. The Labute approximate surface area is 127 Å². The molecule has 5 nitrogen and oxygen atoms in total. The van der Waals surface area contributed by atoms with Gasteiger partial charge in [0.2, 0.25) is 10.0 Å². The van der Waals surface area contributed by atoms with Crippen molar-refractivity contribution in [1.29, 1.82) is 0 Å². The number of nitrogens with zero attached hydrogens (tertiary/aromatic N) is 2. The summed E-state index contributed by atoms with van der Waals surface area (Å²) >= 11 is 0. The van der Waals surface area contributed by atoms with Gasteiger partial charge in [0.25, 0.3) is 0 Å². The van der Waals surface area contributed by atoms with Crippen molar-refractivity contribution in [1.82, 2.24) is 9.71 Å². The van der Waals surface area contributed by atoms with Crippen molar-refractivity contribution in [3.8, 4) is 0 Å². The Hall–Kier alpha value is -1.14. The molecular weight excluding hydrogens is 286 g/mol. The molecule has 0 spiro atoms. The van der Waals surface area contributed by atoms with Crippen molar-refractivity contribution in [3.05, 3.63) is 24.4 Å². The average molecular weight is 311 g/mol. The molecule has 0 radical (unpaired) electrons. The highest BCUT2D eigenvalue weighted by molar-refractivity contribution is 7.89. The summed E-state index contributed by atoms with van der Waals surface area (Å²) < 4.78 is 27.0. The molecule has 0 aromatic carbocycles. The SMILES string of the molecule is CCCCCS(=O)(=O)N[C@H]1CCCN(c2ccccn2)C1. The Balaban J connectivity index is 1.89. The van der Waals surface area contributed by atoms with Gasteiger partial charge >= 0.3 is 0 Å². The Morgan fingerprint density at radius 1 is 1.38 bits per heavy atom. The molecule has 2 rings (SSSR count). The zero-order valence-corrected chi connectivity index (χ0v) is 13.5. The fraction of sp³-hybridized carbons (Fsp3) is 0.667. The number of aromatic nitrogens is 1. The van der Waals surface area contributed by atoms with Crippen molar-refractivity contribution in [3.63, 3.8) is 0 Å². The first-order chi connectivity index (χ1) is 10.1. The third-order valence-corrected chi connectivity index (χ3v) is 5.28. The largest absolute Gasteiger partial charge is 0.355 e. The van der Waals surface area contributed by atoms with Crippen LogP contribution in [0.4, 0.5) is 5.82 Å². The highest BCUT2D eigenvalue weighted by Gasteiger charge is 2.24. The number of rotatable bonds is 7. The van der Waals surface area contributed by atoms with Crippen LogP contribution in [0.5, 0.6) is 0 Å². The van der Waals surface area contributed by atoms with Gasteiger partial charge in [0, 0.05) is 25.3 Å². The molecule has 1 atom stereocenters. The second kappa shape index (κ2) is 7.75. The topological polar surface area (TPSA) is 62.3 Å². The highest BCUT2D eigenvalue weighted by atomic mass is 32.2. The lowest BCUT2D eigenvalue weighted by Crippen LogP contribution is -2.48. The Morgan fingerprint density at radius 3 is 2.95 bits per heavy atom. The summed E-state index contributed by atoms with van der Waals surface area (Å²) in [5.74, 6) is 1.16. The van der Waals surface area contributed by atoms with Crippen LogP contribution in [0.25, 0.3) is 0 Å². The van der Waals surface area contributed by atoms with Gasteiger partial charge in [-0.25, -0.2) is 18.1 Å². The van der Waals surface area contributed by atoms with Gasteiger partial charge < -0.3 is 4.90 Å². The maximum Gasteiger partial charge on any atom is 0.211 e. The van der Waals surface area contributed by atoms with E-state index < -0.39 is 10.0 Å². The van der Waals surface area contributed by atoms with Crippen LogP contribution in [0.1, 0.15) is 39.0 Å². The summed E-state index contributed by atoms with van der Waals surface area (Å²) in [5, 5.41) is 0. The van der Waals surface area contributed by atoms with Crippen molar-refractivity contribution < 1.29 is 8.42 Å². The number of sulfonamides is 1. The fourth-order valence-electron chi connectivity index (χ4n) is 2.68. The zero-order chi connectivity index (χ0) is 15.1. The number of piperidine rings is 1. The summed E-state index contributed by atoms with van der Waals surface area (Å²) in [7, 11) is -3.16. The molecule has 1 aliphatic rings. The van der Waals surface area contributed by atoms with Crippen molar-refractivity contribution in [2.24, 2.45) is 0 Å². The molecule has 1 N–H and O–H groups in total. The van der Waals surface area contributed by atoms with Crippen LogP contribution < -0.4 is 9.62 Å². The zero-order valence-electron chi connectivity index (χ0n) is 12.7. The molecule has 1 saturated heterocycles. The molecule has 118 valence electrons. The van der Waals surface area contributed by atoms with Crippen molar-refractivity contribution >= 4 is 15.8 Å². The normalized spacial score (nSPS) is 19.7. The van der Waals surface area contributed by atoms with Crippen molar-refractivity contribution in [2.45, 2.75) is 45.1 Å². The summed E-state index contributed by atoms with van der Waals surface area (Å²) in [6, 6.07) is 5.81. The molecule has 0 aliphatic carbocycles. The van der Waals surface area contributed by atoms with Crippen LogP contribution in [0.2, 0.25) is 0 Å². The Bertz CT molecular complexity index is 519. The minimum absolute atomic E-state index is 0.00705. The third-order valence-electron chi connectivity index (χ3n) is 3.76. The van der Waals surface area contributed by atoms with Crippen LogP contribution in [0, 0.1) is 0 Å². The quantitative estimate of drug-likeness (QED) is 0.784. The van der Waals surface area contributed by atoms with E-state index in [1.165, 1.54) is 0 Å². The number of unbranched alkanes of at least 4 members (excludes halogenated alkanes) is 2. The van der Waals surface area contributed by atoms with Gasteiger partial charge in [0.05, 0.1) is 5.75 Å². The second-order valence-electron chi connectivity index (χ2n) is 5.62. The van der Waals surface area contributed by atoms with E-state index in [4.69, 9.17) is 0 Å². The fourth-order valence-corrected chi connectivity index (χ4v) is 4.08. The van der Waals surface area contributed by atoms with Gasteiger partial charge in [-0.2, -0.15) is 0 Å². The minimum Gasteiger partial charge on any atom is -0.355 e. The number of anilines is 1. The Kier molecular flexibility index (Phi) is 5.99. The standard InChI is InChI=1S/C15H25N3O2S/c1-2-3-6-12-21(19,20)17-14-8-7-11-18(13-14)15-9-4-5-10-16-15/h4-5,9-10,14,17H,2-3,6-8,11-13H2,1H3/t14-/m0/s1. The van der Waals surface area contributed by atoms with Gasteiger partial charge in [-0.3, -0.25) is 0 Å². The highest BCUT2D eigenvalue weighted by Crippen LogP contribution is 2.17. The molecule has 0 bridgehead atoms. The van der Waals surface area contributed by atoms with Gasteiger partial charge in [0.15, 0.2) is 0 Å². The molecule has 1 aromatic rings. The van der Waals surface area contributed by atoms with Gasteiger partial charge in [0.1, 0.15) is 5.82 Å². The van der Waals surface area contributed by atoms with E-state index in [9.17, 15) is 8.42 Å². The third kappa shape index (κ3) is 5.28. The lowest BCUT2D eigenvalue weighted by atomic mass is 10.1. The summed E-state index contributed by atoms with van der Waals surface area (Å²) in [4.78, 5) is 6.50. The van der Waals surface area contributed by atoms with E-state index in [0.717, 1.165) is 44.5 Å². The van der Waals surface area contributed by atoms with Crippen LogP contribution in [0.15, 0.2) is 24.4 Å².